The lowest BCUT2D eigenvalue weighted by molar-refractivity contribution is -0.138. The molecule has 0 aromatic rings. The fourth-order valence-corrected chi connectivity index (χ4v) is 1.57. The SMILES string of the molecule is COCCOCCNC(=O)C(CC(=O)O)S(=O)O. The Balaban J connectivity index is 3.89. The van der Waals surface area contributed by atoms with Gasteiger partial charge in [0.05, 0.1) is 26.2 Å². The summed E-state index contributed by atoms with van der Waals surface area (Å²) in [5.41, 5.74) is 0. The van der Waals surface area contributed by atoms with Gasteiger partial charge in [-0.25, -0.2) is 4.21 Å². The Bertz CT molecular complexity index is 297. The van der Waals surface area contributed by atoms with Gasteiger partial charge in [-0.05, 0) is 0 Å². The maximum Gasteiger partial charge on any atom is 0.305 e. The molecule has 9 heteroatoms. The van der Waals surface area contributed by atoms with E-state index in [1.807, 2.05) is 0 Å². The first kappa shape index (κ1) is 17.0. The average molecular weight is 283 g/mol. The maximum atomic E-state index is 11.4. The molecule has 0 spiro atoms. The lowest BCUT2D eigenvalue weighted by Crippen LogP contribution is -2.40. The molecule has 1 amide bonds. The normalized spacial score (nSPS) is 13.9. The number of nitrogens with one attached hydrogen (secondary N) is 1. The zero-order valence-electron chi connectivity index (χ0n) is 9.96. The molecule has 0 aromatic heterocycles. The summed E-state index contributed by atoms with van der Waals surface area (Å²) in [6, 6.07) is 0. The number of ether oxygens (including phenoxy) is 2. The molecule has 0 fully saturated rings. The van der Waals surface area contributed by atoms with Crippen LogP contribution < -0.4 is 5.32 Å². The van der Waals surface area contributed by atoms with E-state index in [1.54, 1.807) is 0 Å². The highest BCUT2D eigenvalue weighted by Gasteiger charge is 2.26. The number of carbonyl (C=O) groups excluding carboxylic acids is 1. The molecule has 18 heavy (non-hydrogen) atoms. The van der Waals surface area contributed by atoms with Crippen LogP contribution in [0, 0.1) is 0 Å². The fourth-order valence-electron chi connectivity index (χ4n) is 1.02. The zero-order valence-corrected chi connectivity index (χ0v) is 10.8. The Kier molecular flexibility index (Phi) is 9.38. The molecule has 0 saturated carbocycles. The first-order valence-electron chi connectivity index (χ1n) is 5.15. The van der Waals surface area contributed by atoms with Crippen molar-refractivity contribution in [2.45, 2.75) is 11.7 Å². The van der Waals surface area contributed by atoms with Crippen LogP contribution in [0.4, 0.5) is 0 Å². The van der Waals surface area contributed by atoms with E-state index in [1.165, 1.54) is 7.11 Å². The minimum Gasteiger partial charge on any atom is -0.481 e. The molecule has 2 atom stereocenters. The van der Waals surface area contributed by atoms with Crippen LogP contribution in [0.2, 0.25) is 0 Å². The summed E-state index contributed by atoms with van der Waals surface area (Å²) >= 11 is -2.52. The average Bonchev–Trinajstić information content (AvgIpc) is 2.29. The van der Waals surface area contributed by atoms with Gasteiger partial charge in [0.25, 0.3) is 0 Å². The van der Waals surface area contributed by atoms with E-state index in [9.17, 15) is 13.8 Å². The quantitative estimate of drug-likeness (QED) is 0.341. The second-order valence-corrected chi connectivity index (χ2v) is 4.38. The monoisotopic (exact) mass is 283 g/mol. The minimum atomic E-state index is -2.52. The van der Waals surface area contributed by atoms with E-state index in [0.29, 0.717) is 13.2 Å². The van der Waals surface area contributed by atoms with Crippen LogP contribution in [0.25, 0.3) is 0 Å². The smallest absolute Gasteiger partial charge is 0.305 e. The minimum absolute atomic E-state index is 0.135. The Morgan fingerprint density at radius 1 is 1.33 bits per heavy atom. The summed E-state index contributed by atoms with van der Waals surface area (Å²) in [5.74, 6) is -2.09. The first-order chi connectivity index (χ1) is 8.49. The van der Waals surface area contributed by atoms with Gasteiger partial charge in [0.1, 0.15) is 5.25 Å². The highest BCUT2D eigenvalue weighted by Crippen LogP contribution is 2.00. The molecule has 0 aromatic carbocycles. The number of aliphatic carboxylic acids is 1. The van der Waals surface area contributed by atoms with Gasteiger partial charge < -0.3 is 24.4 Å². The van der Waals surface area contributed by atoms with Gasteiger partial charge in [-0.3, -0.25) is 9.59 Å². The number of rotatable bonds is 10. The molecule has 0 rings (SSSR count). The highest BCUT2D eigenvalue weighted by atomic mass is 32.2. The van der Waals surface area contributed by atoms with Crippen molar-refractivity contribution in [3.8, 4) is 0 Å². The largest absolute Gasteiger partial charge is 0.481 e. The molecule has 3 N–H and O–H groups in total. The standard InChI is InChI=1S/C9H17NO7S/c1-16-4-5-17-3-2-10-9(13)7(18(14)15)6-8(11)12/h7H,2-6H2,1H3,(H,10,13)(H,11,12)(H,14,15). The van der Waals surface area contributed by atoms with Crippen LogP contribution in [0.1, 0.15) is 6.42 Å². The third kappa shape index (κ3) is 8.12. The van der Waals surface area contributed by atoms with Crippen molar-refractivity contribution in [1.29, 1.82) is 0 Å². The molecule has 0 bridgehead atoms. The molecule has 0 aliphatic rings. The summed E-state index contributed by atoms with van der Waals surface area (Å²) in [4.78, 5) is 21.8. The molecular formula is C9H17NO7S. The van der Waals surface area contributed by atoms with Crippen LogP contribution in [-0.2, 0) is 30.1 Å². The van der Waals surface area contributed by atoms with E-state index in [4.69, 9.17) is 19.1 Å². The number of hydrogen-bond donors (Lipinski definition) is 3. The van der Waals surface area contributed by atoms with E-state index in [-0.39, 0.29) is 13.2 Å². The number of methoxy groups -OCH3 is 1. The number of hydrogen-bond acceptors (Lipinski definition) is 5. The molecule has 106 valence electrons. The van der Waals surface area contributed by atoms with Crippen molar-refractivity contribution < 1.29 is 32.9 Å². The van der Waals surface area contributed by atoms with Gasteiger partial charge in [-0.2, -0.15) is 0 Å². The molecular weight excluding hydrogens is 266 g/mol. The first-order valence-corrected chi connectivity index (χ1v) is 6.31. The van der Waals surface area contributed by atoms with Crippen molar-refractivity contribution in [2.24, 2.45) is 0 Å². The molecule has 0 aliphatic heterocycles. The number of carbonyl (C=O) groups is 2. The van der Waals surface area contributed by atoms with Gasteiger partial charge in [0, 0.05) is 13.7 Å². The number of carboxylic acid groups (broad SMARTS) is 1. The Morgan fingerprint density at radius 3 is 2.50 bits per heavy atom. The lowest BCUT2D eigenvalue weighted by Gasteiger charge is -2.11. The molecule has 8 nitrogen and oxygen atoms in total. The van der Waals surface area contributed by atoms with E-state index in [0.717, 1.165) is 0 Å². The van der Waals surface area contributed by atoms with Crippen molar-refractivity contribution >= 4 is 23.0 Å². The summed E-state index contributed by atoms with van der Waals surface area (Å²) in [5, 5.41) is 9.34. The Hall–Kier alpha value is -1.03. The molecule has 0 radical (unpaired) electrons. The molecule has 0 saturated heterocycles. The van der Waals surface area contributed by atoms with Gasteiger partial charge in [0.2, 0.25) is 5.91 Å². The Labute approximate surface area is 107 Å². The Morgan fingerprint density at radius 2 is 2.00 bits per heavy atom. The zero-order chi connectivity index (χ0) is 14.0. The number of carboxylic acids is 1. The second-order valence-electron chi connectivity index (χ2n) is 3.26. The van der Waals surface area contributed by atoms with Crippen LogP contribution in [0.3, 0.4) is 0 Å². The second kappa shape index (κ2) is 9.95. The lowest BCUT2D eigenvalue weighted by atomic mass is 10.3. The van der Waals surface area contributed by atoms with Crippen molar-refractivity contribution in [1.82, 2.24) is 5.32 Å². The summed E-state index contributed by atoms with van der Waals surface area (Å²) in [7, 11) is 1.53. The highest BCUT2D eigenvalue weighted by molar-refractivity contribution is 7.80. The van der Waals surface area contributed by atoms with Crippen molar-refractivity contribution in [2.75, 3.05) is 33.5 Å². The van der Waals surface area contributed by atoms with Gasteiger partial charge in [-0.1, -0.05) is 0 Å². The number of amides is 1. The van der Waals surface area contributed by atoms with Crippen LogP contribution in [0.15, 0.2) is 0 Å². The van der Waals surface area contributed by atoms with Crippen LogP contribution in [-0.4, -0.2) is 64.5 Å². The fraction of sp³-hybridized carbons (Fsp3) is 0.778. The summed E-state index contributed by atoms with van der Waals surface area (Å²) < 4.78 is 29.4. The van der Waals surface area contributed by atoms with Crippen LogP contribution >= 0.6 is 0 Å². The summed E-state index contributed by atoms with van der Waals surface area (Å²) in [6.45, 7) is 1.15. The predicted octanol–water partition coefficient (Wildman–Crippen LogP) is -1.17. The van der Waals surface area contributed by atoms with E-state index in [2.05, 4.69) is 5.32 Å². The van der Waals surface area contributed by atoms with E-state index >= 15 is 0 Å². The van der Waals surface area contributed by atoms with Crippen molar-refractivity contribution in [3.63, 3.8) is 0 Å². The third-order valence-electron chi connectivity index (χ3n) is 1.87. The molecule has 0 aliphatic carbocycles. The third-order valence-corrected chi connectivity index (χ3v) is 2.74. The van der Waals surface area contributed by atoms with Gasteiger partial charge in [0.15, 0.2) is 11.1 Å². The summed E-state index contributed by atoms with van der Waals surface area (Å²) in [6.07, 6.45) is -0.695. The molecule has 2 unspecified atom stereocenters. The maximum absolute atomic E-state index is 11.4. The predicted molar refractivity (Wildman–Crippen MR) is 62.5 cm³/mol. The topological polar surface area (TPSA) is 122 Å². The van der Waals surface area contributed by atoms with Gasteiger partial charge in [-0.15, -0.1) is 0 Å². The van der Waals surface area contributed by atoms with Crippen molar-refractivity contribution in [3.05, 3.63) is 0 Å². The van der Waals surface area contributed by atoms with E-state index < -0.39 is 34.6 Å². The van der Waals surface area contributed by atoms with Gasteiger partial charge >= 0.3 is 5.97 Å². The molecule has 0 heterocycles. The van der Waals surface area contributed by atoms with Crippen LogP contribution in [0.5, 0.6) is 0 Å².